The Morgan fingerprint density at radius 2 is 1.33 bits per heavy atom. The predicted octanol–water partition coefficient (Wildman–Crippen LogP) is 2.41. The van der Waals surface area contributed by atoms with Crippen LogP contribution in [0.25, 0.3) is 0 Å². The van der Waals surface area contributed by atoms with E-state index in [1.807, 2.05) is 46.4 Å². The molecule has 10 nitrogen and oxygen atoms in total. The first-order valence-corrected chi connectivity index (χ1v) is 14.5. The highest BCUT2D eigenvalue weighted by Gasteiger charge is 2.37. The van der Waals surface area contributed by atoms with Crippen LogP contribution in [0.15, 0.2) is 0 Å². The van der Waals surface area contributed by atoms with Crippen LogP contribution in [-0.4, -0.2) is 95.6 Å². The molecule has 1 fully saturated rings. The van der Waals surface area contributed by atoms with Crippen molar-refractivity contribution in [3.63, 3.8) is 0 Å². The van der Waals surface area contributed by atoms with Crippen molar-refractivity contribution in [2.24, 2.45) is 17.8 Å². The van der Waals surface area contributed by atoms with Crippen molar-refractivity contribution in [1.29, 1.82) is 0 Å². The summed E-state index contributed by atoms with van der Waals surface area (Å²) >= 11 is 0. The van der Waals surface area contributed by atoms with Gasteiger partial charge < -0.3 is 25.3 Å². The number of nitrogens with one attached hydrogen (secondary N) is 2. The van der Waals surface area contributed by atoms with E-state index in [1.54, 1.807) is 14.0 Å². The Morgan fingerprint density at radius 3 is 1.79 bits per heavy atom. The van der Waals surface area contributed by atoms with Crippen LogP contribution in [0.5, 0.6) is 0 Å². The smallest absolute Gasteiger partial charge is 0.245 e. The van der Waals surface area contributed by atoms with Crippen molar-refractivity contribution in [2.45, 2.75) is 112 Å². The third-order valence-corrected chi connectivity index (χ3v) is 7.94. The molecule has 0 bridgehead atoms. The summed E-state index contributed by atoms with van der Waals surface area (Å²) in [6, 6.07) is -3.11. The zero-order chi connectivity index (χ0) is 30.0. The number of rotatable bonds is 13. The molecule has 224 valence electrons. The zero-order valence-electron chi connectivity index (χ0n) is 25.9. The minimum absolute atomic E-state index is 0.0598. The van der Waals surface area contributed by atoms with Gasteiger partial charge in [-0.05, 0) is 50.4 Å². The lowest BCUT2D eigenvalue weighted by molar-refractivity contribution is -0.145. The number of amides is 5. The molecule has 0 aliphatic carbocycles. The standard InChI is InChI=1S/C29H53N5O5/c1-11-20(6)25(29(39)34-15-13-12-14-16-34)31-26(36)21(7)32(9)28(38)24(19(4)5)30-27(37)23(17-18(2)3)33(10)22(8)35/h18-21,23-25H,11-17H2,1-10H3,(H,30,37)(H,31,36)/t20-,21-,23-,24-,25-/m0/s1. The maximum Gasteiger partial charge on any atom is 0.245 e. The van der Waals surface area contributed by atoms with Gasteiger partial charge in [0.15, 0.2) is 0 Å². The Bertz CT molecular complexity index is 855. The molecule has 1 heterocycles. The summed E-state index contributed by atoms with van der Waals surface area (Å²) in [5, 5.41) is 5.77. The van der Waals surface area contributed by atoms with E-state index in [4.69, 9.17) is 0 Å². The zero-order valence-corrected chi connectivity index (χ0v) is 25.9. The first kappa shape index (κ1) is 34.4. The first-order chi connectivity index (χ1) is 18.1. The molecule has 0 unspecified atom stereocenters. The van der Waals surface area contributed by atoms with Crippen molar-refractivity contribution in [2.75, 3.05) is 27.2 Å². The molecule has 5 amide bonds. The average molecular weight is 552 g/mol. The monoisotopic (exact) mass is 551 g/mol. The summed E-state index contributed by atoms with van der Waals surface area (Å²) in [4.78, 5) is 69.9. The third-order valence-electron chi connectivity index (χ3n) is 7.94. The van der Waals surface area contributed by atoms with Crippen molar-refractivity contribution in [3.05, 3.63) is 0 Å². The fourth-order valence-electron chi connectivity index (χ4n) is 4.72. The van der Waals surface area contributed by atoms with Gasteiger partial charge in [0.25, 0.3) is 0 Å². The van der Waals surface area contributed by atoms with E-state index in [0.717, 1.165) is 25.7 Å². The van der Waals surface area contributed by atoms with Gasteiger partial charge in [0, 0.05) is 34.1 Å². The normalized spacial score (nSPS) is 17.6. The quantitative estimate of drug-likeness (QED) is 0.364. The van der Waals surface area contributed by atoms with Crippen LogP contribution in [0, 0.1) is 17.8 Å². The minimum atomic E-state index is -0.881. The van der Waals surface area contributed by atoms with Crippen LogP contribution in [-0.2, 0) is 24.0 Å². The van der Waals surface area contributed by atoms with Crippen LogP contribution in [0.1, 0.15) is 87.5 Å². The third kappa shape index (κ3) is 9.80. The Balaban J connectivity index is 3.03. The Hall–Kier alpha value is -2.65. The highest BCUT2D eigenvalue weighted by Crippen LogP contribution is 2.17. The van der Waals surface area contributed by atoms with Gasteiger partial charge in [0.05, 0.1) is 0 Å². The van der Waals surface area contributed by atoms with Crippen LogP contribution in [0.3, 0.4) is 0 Å². The van der Waals surface area contributed by atoms with Crippen molar-refractivity contribution >= 4 is 29.5 Å². The number of hydrogen-bond acceptors (Lipinski definition) is 5. The van der Waals surface area contributed by atoms with E-state index in [-0.39, 0.29) is 29.6 Å². The van der Waals surface area contributed by atoms with Gasteiger partial charge in [-0.1, -0.05) is 48.0 Å². The van der Waals surface area contributed by atoms with Gasteiger partial charge in [0.2, 0.25) is 29.5 Å². The second kappa shape index (κ2) is 15.8. The van der Waals surface area contributed by atoms with Crippen LogP contribution in [0.4, 0.5) is 0 Å². The van der Waals surface area contributed by atoms with Crippen molar-refractivity contribution < 1.29 is 24.0 Å². The Kier molecular flexibility index (Phi) is 13.9. The lowest BCUT2D eigenvalue weighted by Crippen LogP contribution is -2.60. The van der Waals surface area contributed by atoms with Gasteiger partial charge in [-0.25, -0.2) is 0 Å². The minimum Gasteiger partial charge on any atom is -0.342 e. The van der Waals surface area contributed by atoms with Crippen LogP contribution >= 0.6 is 0 Å². The molecule has 1 saturated heterocycles. The molecule has 1 aliphatic heterocycles. The molecule has 1 rings (SSSR count). The van der Waals surface area contributed by atoms with E-state index in [1.165, 1.54) is 23.8 Å². The van der Waals surface area contributed by atoms with Crippen LogP contribution < -0.4 is 10.6 Å². The molecule has 0 aromatic carbocycles. The number of carbonyl (C=O) groups is 5. The van der Waals surface area contributed by atoms with E-state index >= 15 is 0 Å². The summed E-state index contributed by atoms with van der Waals surface area (Å²) in [7, 11) is 3.12. The van der Waals surface area contributed by atoms with Gasteiger partial charge in [-0.15, -0.1) is 0 Å². The van der Waals surface area contributed by atoms with Crippen LogP contribution in [0.2, 0.25) is 0 Å². The average Bonchev–Trinajstić information content (AvgIpc) is 2.90. The SMILES string of the molecule is CC[C@H](C)[C@H](NC(=O)[C@H](C)N(C)C(=O)[C@@H](NC(=O)[C@H](CC(C)C)N(C)C(C)=O)C(C)C)C(=O)N1CCCCC1. The number of piperidine rings is 1. The van der Waals surface area contributed by atoms with Gasteiger partial charge in [0.1, 0.15) is 24.2 Å². The lowest BCUT2D eigenvalue weighted by atomic mass is 9.96. The molecule has 0 aromatic rings. The van der Waals surface area contributed by atoms with E-state index in [0.29, 0.717) is 19.5 Å². The molecule has 0 aromatic heterocycles. The maximum absolute atomic E-state index is 13.5. The molecular weight excluding hydrogens is 498 g/mol. The largest absolute Gasteiger partial charge is 0.342 e. The number of likely N-dealkylation sites (N-methyl/N-ethyl adjacent to an activating group) is 2. The van der Waals surface area contributed by atoms with Gasteiger partial charge in [-0.2, -0.15) is 0 Å². The topological polar surface area (TPSA) is 119 Å². The second-order valence-electron chi connectivity index (χ2n) is 11.9. The number of carbonyl (C=O) groups excluding carboxylic acids is 5. The molecule has 5 atom stereocenters. The highest BCUT2D eigenvalue weighted by molar-refractivity contribution is 5.95. The molecule has 0 saturated carbocycles. The molecule has 10 heteroatoms. The van der Waals surface area contributed by atoms with E-state index in [2.05, 4.69) is 10.6 Å². The number of hydrogen-bond donors (Lipinski definition) is 2. The fraction of sp³-hybridized carbons (Fsp3) is 0.828. The fourth-order valence-corrected chi connectivity index (χ4v) is 4.72. The molecular formula is C29H53N5O5. The second-order valence-corrected chi connectivity index (χ2v) is 11.9. The maximum atomic E-state index is 13.5. The highest BCUT2D eigenvalue weighted by atomic mass is 16.2. The van der Waals surface area contributed by atoms with Gasteiger partial charge in [-0.3, -0.25) is 24.0 Å². The van der Waals surface area contributed by atoms with E-state index in [9.17, 15) is 24.0 Å². The lowest BCUT2D eigenvalue weighted by Gasteiger charge is -2.35. The molecule has 39 heavy (non-hydrogen) atoms. The predicted molar refractivity (Wildman–Crippen MR) is 153 cm³/mol. The molecule has 0 spiro atoms. The Labute approximate surface area is 235 Å². The summed E-state index contributed by atoms with van der Waals surface area (Å²) in [6.45, 7) is 15.9. The van der Waals surface area contributed by atoms with E-state index < -0.39 is 41.9 Å². The van der Waals surface area contributed by atoms with Gasteiger partial charge >= 0.3 is 0 Å². The number of likely N-dealkylation sites (tertiary alicyclic amines) is 1. The summed E-state index contributed by atoms with van der Waals surface area (Å²) < 4.78 is 0. The van der Waals surface area contributed by atoms with Crippen molar-refractivity contribution in [3.8, 4) is 0 Å². The molecule has 2 N–H and O–H groups in total. The Morgan fingerprint density at radius 1 is 0.795 bits per heavy atom. The summed E-state index contributed by atoms with van der Waals surface area (Å²) in [5.41, 5.74) is 0. The summed E-state index contributed by atoms with van der Waals surface area (Å²) in [6.07, 6.45) is 4.20. The number of nitrogens with zero attached hydrogens (tertiary/aromatic N) is 3. The first-order valence-electron chi connectivity index (χ1n) is 14.5. The molecule has 1 aliphatic rings. The summed E-state index contributed by atoms with van der Waals surface area (Å²) in [5.74, 6) is -1.68. The molecule has 0 radical (unpaired) electrons. The van der Waals surface area contributed by atoms with Crippen molar-refractivity contribution in [1.82, 2.24) is 25.3 Å².